The van der Waals surface area contributed by atoms with Crippen LogP contribution >= 0.6 is 45.3 Å². The van der Waals surface area contributed by atoms with E-state index in [1.165, 1.54) is 22.7 Å². The first-order valence-electron chi connectivity index (χ1n) is 4.43. The topological polar surface area (TPSA) is 40.9 Å². The molecule has 0 fully saturated rings. The molecule has 0 bridgehead atoms. The van der Waals surface area contributed by atoms with Crippen molar-refractivity contribution in [1.29, 1.82) is 5.26 Å². The van der Waals surface area contributed by atoms with E-state index in [2.05, 4.69) is 28.7 Å². The van der Waals surface area contributed by atoms with Crippen molar-refractivity contribution in [2.24, 2.45) is 0 Å². The van der Waals surface area contributed by atoms with Crippen molar-refractivity contribution in [3.63, 3.8) is 0 Å². The van der Waals surface area contributed by atoms with Gasteiger partial charge < -0.3 is 0 Å². The van der Waals surface area contributed by atoms with E-state index in [9.17, 15) is 4.79 Å². The van der Waals surface area contributed by atoms with Crippen LogP contribution in [0, 0.1) is 14.2 Å². The average molecular weight is 359 g/mol. The number of Topliss-reactive ketones (excluding diaryl/α,β-unsaturated/α-hetero) is 1. The van der Waals surface area contributed by atoms with Gasteiger partial charge in [0.05, 0.1) is 8.95 Å². The van der Waals surface area contributed by atoms with Crippen molar-refractivity contribution in [3.8, 4) is 6.07 Å². The van der Waals surface area contributed by atoms with Gasteiger partial charge in [0, 0.05) is 15.8 Å². The molecule has 2 aromatic rings. The van der Waals surface area contributed by atoms with Crippen LogP contribution in [0.5, 0.6) is 0 Å². The van der Waals surface area contributed by atoms with Crippen molar-refractivity contribution in [2.75, 3.05) is 0 Å². The Morgan fingerprint density at radius 2 is 2.31 bits per heavy atom. The Hall–Kier alpha value is -0.710. The molecule has 80 valence electrons. The summed E-state index contributed by atoms with van der Waals surface area (Å²) in [4.78, 5) is 12.9. The first kappa shape index (κ1) is 11.8. The maximum absolute atomic E-state index is 12.1. The van der Waals surface area contributed by atoms with Crippen LogP contribution < -0.4 is 0 Å². The summed E-state index contributed by atoms with van der Waals surface area (Å²) in [6.45, 7) is 0. The van der Waals surface area contributed by atoms with E-state index in [-0.39, 0.29) is 5.78 Å². The van der Waals surface area contributed by atoms with Crippen LogP contribution in [0.1, 0.15) is 21.2 Å². The molecule has 0 N–H and O–H groups in total. The van der Waals surface area contributed by atoms with Gasteiger partial charge in [-0.15, -0.1) is 22.7 Å². The van der Waals surface area contributed by atoms with Crippen molar-refractivity contribution in [3.05, 3.63) is 42.3 Å². The number of hydrogen-bond donors (Lipinski definition) is 0. The first-order chi connectivity index (χ1) is 7.72. The number of rotatable bonds is 3. The lowest BCUT2D eigenvalue weighted by Crippen LogP contribution is -2.08. The molecule has 5 heteroatoms. The summed E-state index contributed by atoms with van der Waals surface area (Å²) < 4.78 is 1.06. The number of carbonyl (C=O) groups excluding carboxylic acids is 1. The molecule has 2 nitrogen and oxygen atoms in total. The average Bonchev–Trinajstić information content (AvgIpc) is 2.90. The fourth-order valence-corrected chi connectivity index (χ4v) is 3.42. The van der Waals surface area contributed by atoms with Crippen LogP contribution in [0.3, 0.4) is 0 Å². The summed E-state index contributed by atoms with van der Waals surface area (Å²) in [7, 11) is 0. The zero-order chi connectivity index (χ0) is 11.5. The molecule has 0 radical (unpaired) electrons. The third-order valence-electron chi connectivity index (χ3n) is 2.07. The summed E-state index contributed by atoms with van der Waals surface area (Å²) >= 11 is 5.13. The Morgan fingerprint density at radius 3 is 2.81 bits per heavy atom. The number of thiophene rings is 2. The molecule has 0 aliphatic heterocycles. The van der Waals surface area contributed by atoms with E-state index in [0.717, 1.165) is 7.76 Å². The van der Waals surface area contributed by atoms with E-state index in [1.807, 2.05) is 29.0 Å². The SMILES string of the molecule is N#CC(C(=O)c1csc(I)c1)c1cccs1. The van der Waals surface area contributed by atoms with Gasteiger partial charge in [-0.2, -0.15) is 5.26 Å². The zero-order valence-electron chi connectivity index (χ0n) is 8.01. The van der Waals surface area contributed by atoms with Crippen molar-refractivity contribution in [2.45, 2.75) is 5.92 Å². The predicted octanol–water partition coefficient (Wildman–Crippen LogP) is 3.90. The molecular weight excluding hydrogens is 353 g/mol. The normalized spacial score (nSPS) is 12.0. The van der Waals surface area contributed by atoms with Gasteiger partial charge in [0.25, 0.3) is 0 Å². The van der Waals surface area contributed by atoms with Crippen molar-refractivity contribution in [1.82, 2.24) is 0 Å². The molecule has 0 saturated carbocycles. The molecule has 0 amide bonds. The van der Waals surface area contributed by atoms with Gasteiger partial charge in [0.2, 0.25) is 0 Å². The third kappa shape index (κ3) is 2.34. The van der Waals surface area contributed by atoms with Crippen LogP contribution in [0.15, 0.2) is 29.0 Å². The lowest BCUT2D eigenvalue weighted by atomic mass is 10.00. The molecule has 16 heavy (non-hydrogen) atoms. The number of carbonyl (C=O) groups is 1. The van der Waals surface area contributed by atoms with E-state index < -0.39 is 5.92 Å². The summed E-state index contributed by atoms with van der Waals surface area (Å²) in [5.41, 5.74) is 0.634. The van der Waals surface area contributed by atoms with E-state index >= 15 is 0 Å². The zero-order valence-corrected chi connectivity index (χ0v) is 11.8. The second kappa shape index (κ2) is 5.08. The van der Waals surface area contributed by atoms with Gasteiger partial charge in [-0.05, 0) is 40.1 Å². The van der Waals surface area contributed by atoms with Gasteiger partial charge in [0.15, 0.2) is 5.78 Å². The molecule has 0 saturated heterocycles. The summed E-state index contributed by atoms with van der Waals surface area (Å²) in [5, 5.41) is 12.8. The monoisotopic (exact) mass is 359 g/mol. The highest BCUT2D eigenvalue weighted by Crippen LogP contribution is 2.27. The first-order valence-corrected chi connectivity index (χ1v) is 7.27. The Balaban J connectivity index is 2.31. The quantitative estimate of drug-likeness (QED) is 0.616. The molecular formula is C11H6INOS2. The van der Waals surface area contributed by atoms with Crippen LogP contribution in [0.4, 0.5) is 0 Å². The molecule has 0 aliphatic carbocycles. The lowest BCUT2D eigenvalue weighted by molar-refractivity contribution is 0.0980. The van der Waals surface area contributed by atoms with Crippen LogP contribution in [0.25, 0.3) is 0 Å². The number of hydrogen-bond acceptors (Lipinski definition) is 4. The highest BCUT2D eigenvalue weighted by molar-refractivity contribution is 14.1. The molecule has 2 heterocycles. The van der Waals surface area contributed by atoms with Crippen LogP contribution in [-0.4, -0.2) is 5.78 Å². The van der Waals surface area contributed by atoms with Crippen molar-refractivity contribution >= 4 is 51.0 Å². The maximum Gasteiger partial charge on any atom is 0.186 e. The molecule has 2 rings (SSSR count). The van der Waals surface area contributed by atoms with Gasteiger partial charge in [-0.1, -0.05) is 6.07 Å². The number of halogens is 1. The van der Waals surface area contributed by atoms with E-state index in [1.54, 1.807) is 0 Å². The smallest absolute Gasteiger partial charge is 0.186 e. The number of ketones is 1. The largest absolute Gasteiger partial charge is 0.292 e. The minimum atomic E-state index is -0.662. The number of nitrogens with zero attached hydrogens (tertiary/aromatic N) is 1. The Morgan fingerprint density at radius 1 is 1.50 bits per heavy atom. The lowest BCUT2D eigenvalue weighted by Gasteiger charge is -2.03. The summed E-state index contributed by atoms with van der Waals surface area (Å²) in [6, 6.07) is 7.58. The second-order valence-electron chi connectivity index (χ2n) is 3.08. The number of nitriles is 1. The highest BCUT2D eigenvalue weighted by Gasteiger charge is 2.23. The standard InChI is InChI=1S/C11H6INOS2/c12-10-4-7(6-16-10)11(14)8(5-13)9-2-1-3-15-9/h1-4,6,8H. The minimum absolute atomic E-state index is 0.107. The summed E-state index contributed by atoms with van der Waals surface area (Å²) in [5.74, 6) is -0.769. The summed E-state index contributed by atoms with van der Waals surface area (Å²) in [6.07, 6.45) is 0. The fraction of sp³-hybridized carbons (Fsp3) is 0.0909. The van der Waals surface area contributed by atoms with Crippen molar-refractivity contribution < 1.29 is 4.79 Å². The van der Waals surface area contributed by atoms with Gasteiger partial charge in [0.1, 0.15) is 5.92 Å². The molecule has 0 spiro atoms. The second-order valence-corrected chi connectivity index (χ2v) is 6.87. The Bertz CT molecular complexity index is 539. The van der Waals surface area contributed by atoms with Crippen LogP contribution in [-0.2, 0) is 0 Å². The molecule has 2 aromatic heterocycles. The van der Waals surface area contributed by atoms with E-state index in [0.29, 0.717) is 5.56 Å². The minimum Gasteiger partial charge on any atom is -0.292 e. The van der Waals surface area contributed by atoms with Gasteiger partial charge in [-0.25, -0.2) is 0 Å². The predicted molar refractivity (Wildman–Crippen MR) is 74.0 cm³/mol. The van der Waals surface area contributed by atoms with E-state index in [4.69, 9.17) is 5.26 Å². The highest BCUT2D eigenvalue weighted by atomic mass is 127. The molecule has 1 unspecified atom stereocenters. The molecule has 0 aliphatic rings. The van der Waals surface area contributed by atoms with Gasteiger partial charge >= 0.3 is 0 Å². The molecule has 0 aromatic carbocycles. The van der Waals surface area contributed by atoms with Gasteiger partial charge in [-0.3, -0.25) is 4.79 Å². The Kier molecular flexibility index (Phi) is 3.74. The Labute approximate surface area is 115 Å². The fourth-order valence-electron chi connectivity index (χ4n) is 1.31. The maximum atomic E-state index is 12.1. The molecule has 1 atom stereocenters. The third-order valence-corrected chi connectivity index (χ3v) is 4.80. The van der Waals surface area contributed by atoms with Crippen LogP contribution in [0.2, 0.25) is 0 Å².